The van der Waals surface area contributed by atoms with Gasteiger partial charge in [0.15, 0.2) is 0 Å². The molecule has 0 N–H and O–H groups in total. The number of aryl methyl sites for hydroxylation is 1. The second-order valence-electron chi connectivity index (χ2n) is 9.58. The maximum absolute atomic E-state index is 11.8. The molecule has 0 saturated carbocycles. The first-order valence-electron chi connectivity index (χ1n) is 12.5. The molecule has 3 atom stereocenters. The topological polar surface area (TPSA) is 36.0 Å². The minimum atomic E-state index is -1.33. The Hall–Kier alpha value is -2.53. The molecule has 5 rings (SSSR count). The maximum Gasteiger partial charge on any atom is 0.303 e. The molecule has 0 aromatic heterocycles. The number of esters is 1. The summed E-state index contributed by atoms with van der Waals surface area (Å²) in [4.78, 5) is 19.4. The van der Waals surface area contributed by atoms with E-state index in [0.717, 1.165) is 50.3 Å². The van der Waals surface area contributed by atoms with Crippen molar-refractivity contribution >= 4 is 17.3 Å². The van der Waals surface area contributed by atoms with Crippen LogP contribution in [0.3, 0.4) is 0 Å². The van der Waals surface area contributed by atoms with E-state index in [0.29, 0.717) is 18.4 Å². The Morgan fingerprint density at radius 1 is 1.19 bits per heavy atom. The Kier molecular flexibility index (Phi) is 5.51. The van der Waals surface area contributed by atoms with Gasteiger partial charge in [-0.1, -0.05) is 42.0 Å². The first-order chi connectivity index (χ1) is 15.9. The molecule has 3 heterocycles. The van der Waals surface area contributed by atoms with E-state index < -0.39 is 12.0 Å². The molecule has 0 aliphatic carbocycles. The Labute approximate surface area is 193 Å². The fourth-order valence-corrected chi connectivity index (χ4v) is 5.81. The molecule has 1 unspecified atom stereocenters. The lowest BCUT2D eigenvalue weighted by atomic mass is 9.89. The molecule has 0 bridgehead atoms. The van der Waals surface area contributed by atoms with Crippen molar-refractivity contribution in [2.45, 2.75) is 51.1 Å². The van der Waals surface area contributed by atoms with Gasteiger partial charge < -0.3 is 19.4 Å². The molecule has 5 nitrogen and oxygen atoms in total. The van der Waals surface area contributed by atoms with Crippen LogP contribution in [0.25, 0.3) is 0 Å². The zero-order valence-corrected chi connectivity index (χ0v) is 19.5. The highest BCUT2D eigenvalue weighted by molar-refractivity contribution is 5.80. The molecule has 0 amide bonds. The number of carbonyl (C=O) groups is 1. The lowest BCUT2D eigenvalue weighted by molar-refractivity contribution is -0.147. The van der Waals surface area contributed by atoms with Crippen LogP contribution in [0, 0.1) is 6.92 Å². The Morgan fingerprint density at radius 2 is 2.00 bits per heavy atom. The average Bonchev–Trinajstić information content (AvgIpc) is 3.10. The molecule has 0 radical (unpaired) electrons. The summed E-state index contributed by atoms with van der Waals surface area (Å²) in [7, 11) is 2.20. The summed E-state index contributed by atoms with van der Waals surface area (Å²) in [5.74, 6) is 0.145. The number of hydrogen-bond donors (Lipinski definition) is 0. The van der Waals surface area contributed by atoms with E-state index in [2.05, 4.69) is 39.9 Å². The van der Waals surface area contributed by atoms with Crippen LogP contribution in [-0.4, -0.2) is 56.7 Å². The standard InChI is InChI=1S/C27H35N3O2/c1-19-9-11-21(12-10-19)26(32-20(2)31)8-5-14-29-15-13-24-23(18-29)22-6-4-7-25-27(22)30(24)17-16-28(25)3/h4,6-7,9-12,23-24,26H,5,8,13-18H2,1-3H3/t23-,24-,26?/m0/s1/i26D. The van der Waals surface area contributed by atoms with Crippen molar-refractivity contribution in [1.29, 1.82) is 0 Å². The van der Waals surface area contributed by atoms with E-state index in [1.54, 1.807) is 0 Å². The van der Waals surface area contributed by atoms with Gasteiger partial charge in [-0.2, -0.15) is 0 Å². The zero-order chi connectivity index (χ0) is 23.2. The number of fused-ring (bicyclic) bond motifs is 3. The zero-order valence-electron chi connectivity index (χ0n) is 20.5. The second kappa shape index (κ2) is 8.78. The third kappa shape index (κ3) is 3.99. The highest BCUT2D eigenvalue weighted by atomic mass is 16.5. The molecule has 170 valence electrons. The number of piperidine rings is 1. The second-order valence-corrected chi connectivity index (χ2v) is 9.58. The van der Waals surface area contributed by atoms with Gasteiger partial charge in [0.05, 0.1) is 12.7 Å². The van der Waals surface area contributed by atoms with Crippen molar-refractivity contribution < 1.29 is 10.9 Å². The minimum absolute atomic E-state index is 0.402. The first-order valence-corrected chi connectivity index (χ1v) is 12.0. The summed E-state index contributed by atoms with van der Waals surface area (Å²) in [5, 5.41) is 0. The van der Waals surface area contributed by atoms with Gasteiger partial charge in [0.1, 0.15) is 6.08 Å². The Bertz CT molecular complexity index is 1030. The van der Waals surface area contributed by atoms with Crippen molar-refractivity contribution in [3.63, 3.8) is 0 Å². The maximum atomic E-state index is 11.8. The van der Waals surface area contributed by atoms with E-state index in [9.17, 15) is 4.79 Å². The number of benzene rings is 2. The summed E-state index contributed by atoms with van der Waals surface area (Å²) in [5.41, 5.74) is 6.22. The minimum Gasteiger partial charge on any atom is -0.458 e. The molecule has 2 aromatic carbocycles. The van der Waals surface area contributed by atoms with Crippen LogP contribution in [0.4, 0.5) is 11.4 Å². The van der Waals surface area contributed by atoms with Gasteiger partial charge in [-0.15, -0.1) is 0 Å². The lowest BCUT2D eigenvalue weighted by Gasteiger charge is -2.41. The van der Waals surface area contributed by atoms with Gasteiger partial charge in [0.2, 0.25) is 0 Å². The molecule has 2 aromatic rings. The number of hydrogen-bond acceptors (Lipinski definition) is 5. The van der Waals surface area contributed by atoms with Crippen LogP contribution < -0.4 is 9.80 Å². The lowest BCUT2D eigenvalue weighted by Crippen LogP contribution is -2.49. The normalized spacial score (nSPS) is 24.4. The van der Waals surface area contributed by atoms with Crippen molar-refractivity contribution in [2.24, 2.45) is 0 Å². The van der Waals surface area contributed by atoms with Gasteiger partial charge in [0, 0.05) is 52.1 Å². The summed E-state index contributed by atoms with van der Waals surface area (Å²) in [6.07, 6.45) is 1.17. The number of para-hydroxylation sites is 1. The van der Waals surface area contributed by atoms with Crippen LogP contribution in [-0.2, 0) is 9.53 Å². The van der Waals surface area contributed by atoms with Gasteiger partial charge >= 0.3 is 5.97 Å². The number of likely N-dealkylation sites (tertiary alicyclic amines) is 1. The largest absolute Gasteiger partial charge is 0.458 e. The molecule has 5 heteroatoms. The third-order valence-electron chi connectivity index (χ3n) is 7.40. The summed E-state index contributed by atoms with van der Waals surface area (Å²) < 4.78 is 14.4. The average molecular weight is 435 g/mol. The van der Waals surface area contributed by atoms with Crippen LogP contribution in [0.5, 0.6) is 0 Å². The predicted octanol–water partition coefficient (Wildman–Crippen LogP) is 4.51. The van der Waals surface area contributed by atoms with Crippen LogP contribution >= 0.6 is 0 Å². The monoisotopic (exact) mass is 434 g/mol. The van der Waals surface area contributed by atoms with E-state index in [1.165, 1.54) is 30.3 Å². The molecule has 3 aliphatic heterocycles. The van der Waals surface area contributed by atoms with Gasteiger partial charge in [-0.25, -0.2) is 0 Å². The van der Waals surface area contributed by atoms with Gasteiger partial charge in [-0.3, -0.25) is 4.79 Å². The fraction of sp³-hybridized carbons (Fsp3) is 0.519. The van der Waals surface area contributed by atoms with Crippen LogP contribution in [0.2, 0.25) is 0 Å². The molecule has 3 aliphatic rings. The number of carbonyl (C=O) groups excluding carboxylic acids is 1. The smallest absolute Gasteiger partial charge is 0.303 e. The van der Waals surface area contributed by atoms with Crippen molar-refractivity contribution in [2.75, 3.05) is 49.6 Å². The van der Waals surface area contributed by atoms with Gasteiger partial charge in [0.25, 0.3) is 0 Å². The highest BCUT2D eigenvalue weighted by Gasteiger charge is 2.44. The van der Waals surface area contributed by atoms with E-state index in [4.69, 9.17) is 6.11 Å². The molecular weight excluding hydrogens is 398 g/mol. The third-order valence-corrected chi connectivity index (χ3v) is 7.40. The SMILES string of the molecule is [2H]C(CCCN1CC[C@H]2[C@@H](C1)c1cccc3c1N2CCN3C)(OC(C)=O)c1ccc(C)cc1. The van der Waals surface area contributed by atoms with E-state index in [1.807, 2.05) is 31.2 Å². The number of likely N-dealkylation sites (N-methyl/N-ethyl adjacent to an activating group) is 1. The Morgan fingerprint density at radius 3 is 2.78 bits per heavy atom. The fourth-order valence-electron chi connectivity index (χ4n) is 5.81. The summed E-state index contributed by atoms with van der Waals surface area (Å²) in [6.45, 7) is 8.68. The number of anilines is 2. The van der Waals surface area contributed by atoms with Crippen molar-refractivity contribution in [3.8, 4) is 0 Å². The van der Waals surface area contributed by atoms with E-state index >= 15 is 0 Å². The summed E-state index contributed by atoms with van der Waals surface area (Å²) in [6, 6.07) is 15.2. The van der Waals surface area contributed by atoms with E-state index in [-0.39, 0.29) is 0 Å². The molecule has 0 spiro atoms. The van der Waals surface area contributed by atoms with Crippen molar-refractivity contribution in [1.82, 2.24) is 4.90 Å². The van der Waals surface area contributed by atoms with Gasteiger partial charge in [-0.05, 0) is 49.9 Å². The quantitative estimate of drug-likeness (QED) is 0.626. The molecule has 1 fully saturated rings. The van der Waals surface area contributed by atoms with Crippen molar-refractivity contribution in [3.05, 3.63) is 59.2 Å². The molecular formula is C27H35N3O2. The molecule has 1 saturated heterocycles. The first kappa shape index (κ1) is 20.1. The molecule has 32 heavy (non-hydrogen) atoms. The summed E-state index contributed by atoms with van der Waals surface area (Å²) >= 11 is 0. The number of ether oxygens (including phenoxy) is 1. The number of nitrogens with zero attached hydrogens (tertiary/aromatic N) is 3. The number of rotatable bonds is 6. The Balaban J connectivity index is 1.26. The predicted molar refractivity (Wildman–Crippen MR) is 130 cm³/mol. The highest BCUT2D eigenvalue weighted by Crippen LogP contribution is 2.50. The van der Waals surface area contributed by atoms with Crippen LogP contribution in [0.1, 0.15) is 56.2 Å². The van der Waals surface area contributed by atoms with Crippen LogP contribution in [0.15, 0.2) is 42.5 Å².